The molecule has 5 nitrogen and oxygen atoms in total. The van der Waals surface area contributed by atoms with E-state index in [-0.39, 0.29) is 11.8 Å². The smallest absolute Gasteiger partial charge is 0.323 e. The Bertz CT molecular complexity index is 771. The lowest BCUT2D eigenvalue weighted by Crippen LogP contribution is -2.50. The summed E-state index contributed by atoms with van der Waals surface area (Å²) in [5, 5.41) is 1.14. The van der Waals surface area contributed by atoms with Crippen molar-refractivity contribution >= 4 is 22.8 Å². The van der Waals surface area contributed by atoms with E-state index in [4.69, 9.17) is 9.47 Å². The van der Waals surface area contributed by atoms with Gasteiger partial charge in [0.25, 0.3) is 0 Å². The highest BCUT2D eigenvalue weighted by Gasteiger charge is 2.56. The fourth-order valence-corrected chi connectivity index (χ4v) is 4.07. The Morgan fingerprint density at radius 3 is 2.30 bits per heavy atom. The van der Waals surface area contributed by atoms with Gasteiger partial charge in [-0.15, -0.1) is 0 Å². The molecular formula is C18H21NO4. The molecule has 0 saturated heterocycles. The molecular weight excluding hydrogens is 294 g/mol. The molecule has 0 unspecified atom stereocenters. The Labute approximate surface area is 135 Å². The SMILES string of the molecule is COC(=O)C1(C(=O)OC)Cc2[nH]c3ccccc3c2C(C)(C)C1. The summed E-state index contributed by atoms with van der Waals surface area (Å²) in [5.74, 6) is -1.08. The predicted octanol–water partition coefficient (Wildman–Crippen LogP) is 2.72. The van der Waals surface area contributed by atoms with E-state index in [9.17, 15) is 9.59 Å². The molecule has 0 atom stereocenters. The maximum absolute atomic E-state index is 12.5. The van der Waals surface area contributed by atoms with Gasteiger partial charge in [-0.1, -0.05) is 32.0 Å². The molecule has 0 aliphatic heterocycles. The number of H-pyrrole nitrogens is 1. The standard InChI is InChI=1S/C18H21NO4/c1-17(2)10-18(15(20)22-3,16(21)23-4)9-13-14(17)11-7-5-6-8-12(11)19-13/h5-8,19H,9-10H2,1-4H3. The van der Waals surface area contributed by atoms with Gasteiger partial charge < -0.3 is 14.5 Å². The van der Waals surface area contributed by atoms with Crippen molar-refractivity contribution in [1.29, 1.82) is 0 Å². The molecule has 0 saturated carbocycles. The summed E-state index contributed by atoms with van der Waals surface area (Å²) >= 11 is 0. The normalized spacial score (nSPS) is 18.3. The zero-order valence-corrected chi connectivity index (χ0v) is 13.9. The van der Waals surface area contributed by atoms with Gasteiger partial charge in [0.2, 0.25) is 0 Å². The monoisotopic (exact) mass is 315 g/mol. The molecule has 3 rings (SSSR count). The Balaban J connectivity index is 2.24. The molecule has 23 heavy (non-hydrogen) atoms. The van der Waals surface area contributed by atoms with Crippen molar-refractivity contribution in [3.63, 3.8) is 0 Å². The van der Waals surface area contributed by atoms with E-state index in [0.29, 0.717) is 6.42 Å². The molecule has 0 bridgehead atoms. The largest absolute Gasteiger partial charge is 0.468 e. The number of esters is 2. The molecule has 122 valence electrons. The van der Waals surface area contributed by atoms with Gasteiger partial charge in [0.05, 0.1) is 14.2 Å². The minimum Gasteiger partial charge on any atom is -0.468 e. The molecule has 1 aromatic heterocycles. The summed E-state index contributed by atoms with van der Waals surface area (Å²) in [7, 11) is 2.61. The van der Waals surface area contributed by atoms with Gasteiger partial charge in [-0.05, 0) is 23.5 Å². The molecule has 5 heteroatoms. The lowest BCUT2D eigenvalue weighted by molar-refractivity contribution is -0.171. The molecule has 0 spiro atoms. The van der Waals surface area contributed by atoms with E-state index < -0.39 is 17.4 Å². The first-order valence-electron chi connectivity index (χ1n) is 7.62. The summed E-state index contributed by atoms with van der Waals surface area (Å²) < 4.78 is 9.89. The highest BCUT2D eigenvalue weighted by molar-refractivity contribution is 6.01. The average Bonchev–Trinajstić information content (AvgIpc) is 2.91. The predicted molar refractivity (Wildman–Crippen MR) is 86.1 cm³/mol. The number of methoxy groups -OCH3 is 2. The minimum absolute atomic E-state index is 0.264. The van der Waals surface area contributed by atoms with Crippen LogP contribution in [0.25, 0.3) is 10.9 Å². The van der Waals surface area contributed by atoms with Crippen LogP contribution >= 0.6 is 0 Å². The number of ether oxygens (including phenoxy) is 2. The molecule has 0 fully saturated rings. The maximum atomic E-state index is 12.5. The van der Waals surface area contributed by atoms with E-state index >= 15 is 0 Å². The van der Waals surface area contributed by atoms with Crippen LogP contribution in [0.3, 0.4) is 0 Å². The number of aromatic amines is 1. The molecule has 0 radical (unpaired) electrons. The number of nitrogens with one attached hydrogen (secondary N) is 1. The van der Waals surface area contributed by atoms with Crippen molar-refractivity contribution in [2.24, 2.45) is 5.41 Å². The van der Waals surface area contributed by atoms with Crippen LogP contribution in [0, 0.1) is 5.41 Å². The van der Waals surface area contributed by atoms with Gasteiger partial charge in [0.1, 0.15) is 0 Å². The number of benzene rings is 1. The quantitative estimate of drug-likeness (QED) is 0.683. The van der Waals surface area contributed by atoms with Crippen LogP contribution in [0.2, 0.25) is 0 Å². The van der Waals surface area contributed by atoms with Crippen molar-refractivity contribution < 1.29 is 19.1 Å². The first-order valence-corrected chi connectivity index (χ1v) is 7.62. The van der Waals surface area contributed by atoms with Crippen molar-refractivity contribution in [3.05, 3.63) is 35.5 Å². The third kappa shape index (κ3) is 2.14. The Kier molecular flexibility index (Phi) is 3.47. The number of carbonyl (C=O) groups excluding carboxylic acids is 2. The Morgan fingerprint density at radius 1 is 1.09 bits per heavy atom. The van der Waals surface area contributed by atoms with Crippen LogP contribution in [-0.4, -0.2) is 31.1 Å². The summed E-state index contributed by atoms with van der Waals surface area (Å²) in [4.78, 5) is 28.3. The number of carbonyl (C=O) groups is 2. The maximum Gasteiger partial charge on any atom is 0.323 e. The van der Waals surface area contributed by atoms with Crippen molar-refractivity contribution in [1.82, 2.24) is 4.98 Å². The van der Waals surface area contributed by atoms with Gasteiger partial charge in [0, 0.05) is 23.0 Å². The van der Waals surface area contributed by atoms with E-state index in [0.717, 1.165) is 22.2 Å². The summed E-state index contributed by atoms with van der Waals surface area (Å²) in [6.45, 7) is 4.10. The first-order chi connectivity index (χ1) is 10.9. The van der Waals surface area contributed by atoms with Crippen LogP contribution in [0.4, 0.5) is 0 Å². The third-order valence-corrected chi connectivity index (χ3v) is 4.84. The van der Waals surface area contributed by atoms with Gasteiger partial charge >= 0.3 is 11.9 Å². The van der Waals surface area contributed by atoms with Crippen LogP contribution in [0.15, 0.2) is 24.3 Å². The first kappa shape index (κ1) is 15.6. The topological polar surface area (TPSA) is 68.4 Å². The minimum atomic E-state index is -1.30. The van der Waals surface area contributed by atoms with Crippen LogP contribution in [0.5, 0.6) is 0 Å². The summed E-state index contributed by atoms with van der Waals surface area (Å²) in [6, 6.07) is 8.03. The molecule has 1 N–H and O–H groups in total. The third-order valence-electron chi connectivity index (χ3n) is 4.84. The highest BCUT2D eigenvalue weighted by atomic mass is 16.5. The van der Waals surface area contributed by atoms with Crippen LogP contribution in [0.1, 0.15) is 31.5 Å². The van der Waals surface area contributed by atoms with Crippen LogP contribution < -0.4 is 0 Å². The second-order valence-corrected chi connectivity index (χ2v) is 6.83. The molecule has 1 heterocycles. The molecule has 1 aliphatic carbocycles. The molecule has 1 aliphatic rings. The second-order valence-electron chi connectivity index (χ2n) is 6.83. The number of rotatable bonds is 2. The summed E-state index contributed by atoms with van der Waals surface area (Å²) in [5.41, 5.74) is 1.40. The van der Waals surface area contributed by atoms with E-state index in [1.807, 2.05) is 32.0 Å². The fourth-order valence-electron chi connectivity index (χ4n) is 4.07. The van der Waals surface area contributed by atoms with Gasteiger partial charge in [-0.25, -0.2) is 0 Å². The lowest BCUT2D eigenvalue weighted by atomic mass is 9.62. The number of aromatic nitrogens is 1. The van der Waals surface area contributed by atoms with Crippen molar-refractivity contribution in [3.8, 4) is 0 Å². The van der Waals surface area contributed by atoms with Crippen LogP contribution in [-0.2, 0) is 30.9 Å². The van der Waals surface area contributed by atoms with Crippen molar-refractivity contribution in [2.75, 3.05) is 14.2 Å². The van der Waals surface area contributed by atoms with Gasteiger partial charge in [-0.2, -0.15) is 0 Å². The highest BCUT2D eigenvalue weighted by Crippen LogP contribution is 2.49. The van der Waals surface area contributed by atoms with Gasteiger partial charge in [0.15, 0.2) is 5.41 Å². The molecule has 2 aromatic rings. The Hall–Kier alpha value is -2.30. The van der Waals surface area contributed by atoms with Crippen molar-refractivity contribution in [2.45, 2.75) is 32.1 Å². The zero-order valence-electron chi connectivity index (χ0n) is 13.9. The molecule has 1 aromatic carbocycles. The van der Waals surface area contributed by atoms with E-state index in [2.05, 4.69) is 11.1 Å². The zero-order chi connectivity index (χ0) is 16.8. The number of hydrogen-bond acceptors (Lipinski definition) is 4. The number of para-hydroxylation sites is 1. The Morgan fingerprint density at radius 2 is 1.70 bits per heavy atom. The van der Waals surface area contributed by atoms with E-state index in [1.165, 1.54) is 14.2 Å². The average molecular weight is 315 g/mol. The van der Waals surface area contributed by atoms with Gasteiger partial charge in [-0.3, -0.25) is 9.59 Å². The number of hydrogen-bond donors (Lipinski definition) is 1. The fraction of sp³-hybridized carbons (Fsp3) is 0.444. The van der Waals surface area contributed by atoms with E-state index in [1.54, 1.807) is 0 Å². The second kappa shape index (κ2) is 5.11. The number of fused-ring (bicyclic) bond motifs is 3. The molecule has 0 amide bonds. The lowest BCUT2D eigenvalue weighted by Gasteiger charge is -2.41. The summed E-state index contributed by atoms with van der Waals surface area (Å²) in [6.07, 6.45) is 0.619.